The number of ether oxygens (including phenoxy) is 1. The molecular weight excluding hydrogens is 304 g/mol. The van der Waals surface area contributed by atoms with Crippen molar-refractivity contribution in [2.75, 3.05) is 52.5 Å². The fraction of sp³-hybridized carbons (Fsp3) is 0.944. The standard InChI is InChI=1S/C18H34N4O2/c1-2-19-17(21-13-18(6-9-23)7-10-24-14-18)20-11-15-5-8-22(12-15)16-3-4-16/h15-16,23H,2-14H2,1H3,(H2,19,20,21). The highest BCUT2D eigenvalue weighted by Crippen LogP contribution is 2.33. The molecule has 1 saturated carbocycles. The van der Waals surface area contributed by atoms with Crippen molar-refractivity contribution < 1.29 is 9.84 Å². The molecule has 3 N–H and O–H groups in total. The van der Waals surface area contributed by atoms with Gasteiger partial charge in [-0.15, -0.1) is 0 Å². The molecule has 6 nitrogen and oxygen atoms in total. The molecule has 3 aliphatic rings. The first-order chi connectivity index (χ1) is 11.7. The highest BCUT2D eigenvalue weighted by Gasteiger charge is 2.35. The van der Waals surface area contributed by atoms with E-state index in [4.69, 9.17) is 9.73 Å². The van der Waals surface area contributed by atoms with Crippen LogP contribution in [0.15, 0.2) is 4.99 Å². The summed E-state index contributed by atoms with van der Waals surface area (Å²) < 4.78 is 5.56. The van der Waals surface area contributed by atoms with Gasteiger partial charge < -0.3 is 25.4 Å². The van der Waals surface area contributed by atoms with Crippen LogP contribution in [0.3, 0.4) is 0 Å². The van der Waals surface area contributed by atoms with Crippen molar-refractivity contribution >= 4 is 5.96 Å². The Balaban J connectivity index is 1.48. The van der Waals surface area contributed by atoms with Crippen LogP contribution in [-0.2, 0) is 4.74 Å². The number of aliphatic imine (C=N–C) groups is 1. The number of nitrogens with zero attached hydrogens (tertiary/aromatic N) is 2. The summed E-state index contributed by atoms with van der Waals surface area (Å²) >= 11 is 0. The van der Waals surface area contributed by atoms with E-state index in [1.165, 1.54) is 32.4 Å². The second-order valence-corrected chi connectivity index (χ2v) is 7.73. The van der Waals surface area contributed by atoms with Crippen LogP contribution in [0, 0.1) is 11.3 Å². The molecule has 2 aliphatic heterocycles. The molecule has 6 heteroatoms. The zero-order chi connectivity index (χ0) is 16.8. The molecular formula is C18H34N4O2. The largest absolute Gasteiger partial charge is 0.396 e. The Kier molecular flexibility index (Phi) is 6.36. The van der Waals surface area contributed by atoms with E-state index >= 15 is 0 Å². The van der Waals surface area contributed by atoms with Crippen molar-refractivity contribution in [3.63, 3.8) is 0 Å². The summed E-state index contributed by atoms with van der Waals surface area (Å²) in [5.74, 6) is 1.64. The summed E-state index contributed by atoms with van der Waals surface area (Å²) in [6.45, 7) is 8.91. The van der Waals surface area contributed by atoms with E-state index in [0.717, 1.165) is 63.6 Å². The SMILES string of the molecule is CCNC(=NCC1(CCO)CCOC1)NCC1CCN(C2CC2)C1. The van der Waals surface area contributed by atoms with E-state index in [0.29, 0.717) is 0 Å². The zero-order valence-electron chi connectivity index (χ0n) is 15.1. The molecule has 0 spiro atoms. The molecule has 2 unspecified atom stereocenters. The fourth-order valence-corrected chi connectivity index (χ4v) is 3.92. The van der Waals surface area contributed by atoms with Gasteiger partial charge in [0.25, 0.3) is 0 Å². The van der Waals surface area contributed by atoms with Crippen LogP contribution in [0.2, 0.25) is 0 Å². The fourth-order valence-electron chi connectivity index (χ4n) is 3.92. The first-order valence-electron chi connectivity index (χ1n) is 9.69. The van der Waals surface area contributed by atoms with Crippen molar-refractivity contribution in [2.24, 2.45) is 16.3 Å². The third-order valence-corrected chi connectivity index (χ3v) is 5.68. The van der Waals surface area contributed by atoms with Gasteiger partial charge in [0.2, 0.25) is 0 Å². The van der Waals surface area contributed by atoms with Crippen LogP contribution in [0.25, 0.3) is 0 Å². The Morgan fingerprint density at radius 1 is 1.33 bits per heavy atom. The minimum atomic E-state index is 0.0211. The lowest BCUT2D eigenvalue weighted by atomic mass is 9.84. The third-order valence-electron chi connectivity index (χ3n) is 5.68. The predicted octanol–water partition coefficient (Wildman–Crippen LogP) is 0.815. The van der Waals surface area contributed by atoms with Crippen molar-refractivity contribution in [3.05, 3.63) is 0 Å². The smallest absolute Gasteiger partial charge is 0.191 e. The third kappa shape index (κ3) is 4.83. The second-order valence-electron chi connectivity index (χ2n) is 7.73. The van der Waals surface area contributed by atoms with Gasteiger partial charge in [0.15, 0.2) is 5.96 Å². The van der Waals surface area contributed by atoms with E-state index in [1.807, 2.05) is 0 Å². The molecule has 0 aromatic rings. The molecule has 2 heterocycles. The summed E-state index contributed by atoms with van der Waals surface area (Å²) in [7, 11) is 0. The maximum Gasteiger partial charge on any atom is 0.191 e. The molecule has 2 atom stereocenters. The van der Waals surface area contributed by atoms with Crippen molar-refractivity contribution in [2.45, 2.75) is 45.1 Å². The molecule has 0 aromatic carbocycles. The molecule has 3 rings (SSSR count). The number of aliphatic hydroxyl groups excluding tert-OH is 1. The van der Waals surface area contributed by atoms with Crippen LogP contribution in [0.4, 0.5) is 0 Å². The Morgan fingerprint density at radius 3 is 2.88 bits per heavy atom. The molecule has 0 bridgehead atoms. The maximum atomic E-state index is 9.34. The van der Waals surface area contributed by atoms with Gasteiger partial charge in [0.05, 0.1) is 13.2 Å². The number of hydrogen-bond acceptors (Lipinski definition) is 4. The molecule has 3 fully saturated rings. The summed E-state index contributed by atoms with van der Waals surface area (Å²) in [6.07, 6.45) is 5.87. The van der Waals surface area contributed by atoms with Crippen LogP contribution >= 0.6 is 0 Å². The lowest BCUT2D eigenvalue weighted by Gasteiger charge is -2.25. The first-order valence-corrected chi connectivity index (χ1v) is 9.69. The molecule has 24 heavy (non-hydrogen) atoms. The van der Waals surface area contributed by atoms with E-state index in [2.05, 4.69) is 22.5 Å². The van der Waals surface area contributed by atoms with Crippen LogP contribution in [0.1, 0.15) is 39.0 Å². The maximum absolute atomic E-state index is 9.34. The number of aliphatic hydroxyl groups is 1. The van der Waals surface area contributed by atoms with Crippen LogP contribution < -0.4 is 10.6 Å². The Morgan fingerprint density at radius 2 is 2.21 bits per heavy atom. The zero-order valence-corrected chi connectivity index (χ0v) is 15.1. The molecule has 1 aliphatic carbocycles. The van der Waals surface area contributed by atoms with Gasteiger partial charge in [-0.05, 0) is 51.5 Å². The average molecular weight is 338 g/mol. The Bertz CT molecular complexity index is 419. The van der Waals surface area contributed by atoms with E-state index in [-0.39, 0.29) is 12.0 Å². The molecule has 0 radical (unpaired) electrons. The summed E-state index contributed by atoms with van der Waals surface area (Å²) in [5.41, 5.74) is 0.0211. The van der Waals surface area contributed by atoms with Gasteiger partial charge in [-0.1, -0.05) is 0 Å². The quantitative estimate of drug-likeness (QED) is 0.451. The van der Waals surface area contributed by atoms with E-state index in [1.54, 1.807) is 0 Å². The number of likely N-dealkylation sites (tertiary alicyclic amines) is 1. The van der Waals surface area contributed by atoms with Gasteiger partial charge in [0.1, 0.15) is 0 Å². The van der Waals surface area contributed by atoms with E-state index in [9.17, 15) is 5.11 Å². The lowest BCUT2D eigenvalue weighted by molar-refractivity contribution is 0.131. The van der Waals surface area contributed by atoms with Crippen molar-refractivity contribution in [3.8, 4) is 0 Å². The van der Waals surface area contributed by atoms with Crippen LogP contribution in [0.5, 0.6) is 0 Å². The van der Waals surface area contributed by atoms with Crippen LogP contribution in [-0.4, -0.2) is 74.6 Å². The van der Waals surface area contributed by atoms with Gasteiger partial charge in [-0.2, -0.15) is 0 Å². The molecule has 0 amide bonds. The average Bonchev–Trinajstić information content (AvgIpc) is 3.15. The topological polar surface area (TPSA) is 69.1 Å². The van der Waals surface area contributed by atoms with E-state index < -0.39 is 0 Å². The summed E-state index contributed by atoms with van der Waals surface area (Å²) in [6, 6.07) is 0.887. The Labute approximate surface area is 146 Å². The van der Waals surface area contributed by atoms with Gasteiger partial charge in [-0.3, -0.25) is 4.99 Å². The number of nitrogens with one attached hydrogen (secondary N) is 2. The number of hydrogen-bond donors (Lipinski definition) is 3. The molecule has 138 valence electrons. The van der Waals surface area contributed by atoms with Crippen molar-refractivity contribution in [1.82, 2.24) is 15.5 Å². The van der Waals surface area contributed by atoms with Crippen molar-refractivity contribution in [1.29, 1.82) is 0 Å². The Hall–Kier alpha value is -0.850. The minimum absolute atomic E-state index is 0.0211. The molecule has 0 aromatic heterocycles. The summed E-state index contributed by atoms with van der Waals surface area (Å²) in [5, 5.41) is 16.2. The minimum Gasteiger partial charge on any atom is -0.396 e. The summed E-state index contributed by atoms with van der Waals surface area (Å²) in [4.78, 5) is 7.46. The van der Waals surface area contributed by atoms with Gasteiger partial charge in [0, 0.05) is 44.3 Å². The first kappa shape index (κ1) is 18.0. The molecule has 2 saturated heterocycles. The van der Waals surface area contributed by atoms with Gasteiger partial charge in [-0.25, -0.2) is 0 Å². The highest BCUT2D eigenvalue weighted by atomic mass is 16.5. The number of rotatable bonds is 8. The highest BCUT2D eigenvalue weighted by molar-refractivity contribution is 5.79. The lowest BCUT2D eigenvalue weighted by Crippen LogP contribution is -2.41. The number of guanidine groups is 1. The van der Waals surface area contributed by atoms with Gasteiger partial charge >= 0.3 is 0 Å². The second kappa shape index (κ2) is 8.50. The normalized spacial score (nSPS) is 31.6. The predicted molar refractivity (Wildman–Crippen MR) is 96.3 cm³/mol. The monoisotopic (exact) mass is 338 g/mol.